The van der Waals surface area contributed by atoms with Crippen LogP contribution in [0.5, 0.6) is 0 Å². The Bertz CT molecular complexity index is 1270. The van der Waals surface area contributed by atoms with Crippen molar-refractivity contribution >= 4 is 25.7 Å². The number of phosphoric acid groups is 1. The van der Waals surface area contributed by atoms with E-state index in [4.69, 9.17) is 13.8 Å². The molecule has 0 aliphatic carbocycles. The predicted octanol–water partition coefficient (Wildman–Crippen LogP) is 15.5. The maximum Gasteiger partial charge on any atom is 0.472 e. The van der Waals surface area contributed by atoms with E-state index in [1.165, 1.54) is 161 Å². The molecule has 12 heteroatoms. The molecule has 0 heterocycles. The summed E-state index contributed by atoms with van der Waals surface area (Å²) in [6.07, 6.45) is 57.4. The van der Waals surface area contributed by atoms with Gasteiger partial charge in [-0.1, -0.05) is 237 Å². The van der Waals surface area contributed by atoms with Crippen LogP contribution < -0.4 is 5.32 Å². The van der Waals surface area contributed by atoms with Crippen molar-refractivity contribution in [3.8, 4) is 0 Å². The van der Waals surface area contributed by atoms with Gasteiger partial charge < -0.3 is 25.2 Å². The monoisotopic (exact) mass is 968 g/mol. The molecule has 3 unspecified atom stereocenters. The topological polar surface area (TPSA) is 169 Å². The predicted molar refractivity (Wildman–Crippen MR) is 277 cm³/mol. The van der Waals surface area contributed by atoms with Crippen LogP contribution in [0, 0.1) is 0 Å². The number of aliphatic hydroxyl groups is 1. The Morgan fingerprint density at radius 2 is 0.821 bits per heavy atom. The van der Waals surface area contributed by atoms with Gasteiger partial charge in [0.15, 0.2) is 6.04 Å². The van der Waals surface area contributed by atoms with Crippen LogP contribution in [-0.4, -0.2) is 64.9 Å². The van der Waals surface area contributed by atoms with Gasteiger partial charge in [0.05, 0.1) is 13.2 Å². The molecule has 0 radical (unpaired) electrons. The summed E-state index contributed by atoms with van der Waals surface area (Å²) in [6.45, 7) is 2.62. The highest BCUT2D eigenvalue weighted by atomic mass is 31.2. The quantitative estimate of drug-likeness (QED) is 0.0199. The average Bonchev–Trinajstić information content (AvgIpc) is 3.31. The number of ether oxygens (including phenoxy) is 1. The highest BCUT2D eigenvalue weighted by molar-refractivity contribution is 7.47. The molecule has 4 N–H and O–H groups in total. The molecule has 0 aliphatic rings. The number of phosphoric ester groups is 1. The number of esters is 1. The summed E-state index contributed by atoms with van der Waals surface area (Å²) in [6, 6.07) is -1.55. The average molecular weight is 968 g/mol. The summed E-state index contributed by atoms with van der Waals surface area (Å²) >= 11 is 0. The van der Waals surface area contributed by atoms with Gasteiger partial charge in [-0.25, -0.2) is 9.36 Å². The van der Waals surface area contributed by atoms with E-state index in [0.29, 0.717) is 12.8 Å². The van der Waals surface area contributed by atoms with Crippen molar-refractivity contribution in [1.82, 2.24) is 5.32 Å². The molecule has 0 aromatic heterocycles. The summed E-state index contributed by atoms with van der Waals surface area (Å²) in [5.74, 6) is -2.37. The van der Waals surface area contributed by atoms with Crippen molar-refractivity contribution in [2.24, 2.45) is 0 Å². The van der Waals surface area contributed by atoms with Gasteiger partial charge in [-0.2, -0.15) is 0 Å². The molecular weight excluding hydrogens is 866 g/mol. The molecule has 11 nitrogen and oxygen atoms in total. The number of amides is 1. The third kappa shape index (κ3) is 49.9. The summed E-state index contributed by atoms with van der Waals surface area (Å²) < 4.78 is 27.0. The van der Waals surface area contributed by atoms with E-state index in [1.807, 2.05) is 0 Å². The summed E-state index contributed by atoms with van der Waals surface area (Å²) in [5, 5.41) is 22.0. The number of nitrogens with one attached hydrogen (secondary N) is 1. The lowest BCUT2D eigenvalue weighted by Crippen LogP contribution is -2.43. The number of carbonyl (C=O) groups excluding carboxylic acids is 2. The van der Waals surface area contributed by atoms with Crippen molar-refractivity contribution < 1.29 is 47.8 Å². The van der Waals surface area contributed by atoms with E-state index in [2.05, 4.69) is 55.6 Å². The van der Waals surface area contributed by atoms with Gasteiger partial charge in [0, 0.05) is 12.8 Å². The molecule has 0 bridgehead atoms. The first-order chi connectivity index (χ1) is 32.6. The molecule has 0 aliphatic heterocycles. The van der Waals surface area contributed by atoms with Gasteiger partial charge in [-0.05, 0) is 51.4 Å². The van der Waals surface area contributed by atoms with Crippen LogP contribution in [-0.2, 0) is 32.7 Å². The molecule has 1 amide bonds. The minimum atomic E-state index is -4.76. The number of carboxylic acid groups (broad SMARTS) is 1. The van der Waals surface area contributed by atoms with Crippen molar-refractivity contribution in [3.05, 3.63) is 36.5 Å². The van der Waals surface area contributed by atoms with Crippen LogP contribution >= 0.6 is 7.82 Å². The molecule has 3 atom stereocenters. The van der Waals surface area contributed by atoms with Gasteiger partial charge in [-0.3, -0.25) is 18.6 Å². The second-order valence-corrected chi connectivity index (χ2v) is 20.2. The first-order valence-electron chi connectivity index (χ1n) is 27.5. The van der Waals surface area contributed by atoms with Gasteiger partial charge in [0.1, 0.15) is 12.7 Å². The molecule has 0 rings (SSSR count). The normalized spacial score (nSPS) is 13.7. The maximum atomic E-state index is 12.4. The maximum absolute atomic E-state index is 12.4. The number of hydrogen-bond acceptors (Lipinski definition) is 8. The molecule has 392 valence electrons. The number of carbonyl (C=O) groups is 3. The second-order valence-electron chi connectivity index (χ2n) is 18.8. The molecule has 0 spiro atoms. The molecule has 0 fully saturated rings. The van der Waals surface area contributed by atoms with Crippen LogP contribution in [0.15, 0.2) is 36.5 Å². The number of hydrogen-bond donors (Lipinski definition) is 4. The van der Waals surface area contributed by atoms with Gasteiger partial charge >= 0.3 is 19.8 Å². The highest BCUT2D eigenvalue weighted by Crippen LogP contribution is 2.43. The third-order valence-electron chi connectivity index (χ3n) is 12.2. The summed E-state index contributed by atoms with van der Waals surface area (Å²) in [5.41, 5.74) is 0. The summed E-state index contributed by atoms with van der Waals surface area (Å²) in [4.78, 5) is 46.2. The number of aliphatic hydroxyl groups excluding tert-OH is 1. The Morgan fingerprint density at radius 1 is 0.478 bits per heavy atom. The Morgan fingerprint density at radius 3 is 1.25 bits per heavy atom. The van der Waals surface area contributed by atoms with Gasteiger partial charge in [0.25, 0.3) is 0 Å². The van der Waals surface area contributed by atoms with Crippen LogP contribution in [0.25, 0.3) is 0 Å². The van der Waals surface area contributed by atoms with E-state index >= 15 is 0 Å². The second kappa shape index (κ2) is 50.1. The Kier molecular flexibility index (Phi) is 48.4. The van der Waals surface area contributed by atoms with E-state index in [-0.39, 0.29) is 12.8 Å². The molecule has 0 aromatic rings. The lowest BCUT2D eigenvalue weighted by atomic mass is 10.0. The fourth-order valence-electron chi connectivity index (χ4n) is 7.91. The number of aliphatic carboxylic acids is 1. The van der Waals surface area contributed by atoms with E-state index in [1.54, 1.807) is 0 Å². The zero-order chi connectivity index (χ0) is 49.2. The largest absolute Gasteiger partial charge is 0.480 e. The van der Waals surface area contributed by atoms with Crippen molar-refractivity contribution in [2.45, 2.75) is 276 Å². The van der Waals surface area contributed by atoms with Crippen LogP contribution in [0.2, 0.25) is 0 Å². The molecule has 67 heavy (non-hydrogen) atoms. The SMILES string of the molecule is CCCCC/C=C\C/C=C\C/C=C\CCCCCCCCCCC(=O)NC(COP(=O)(O)OCC(O)COC(=O)CCCCCCCCCCCCCCCCCCCCCCCC)C(=O)O. The van der Waals surface area contributed by atoms with Crippen molar-refractivity contribution in [2.75, 3.05) is 19.8 Å². The fourth-order valence-corrected chi connectivity index (χ4v) is 8.69. The van der Waals surface area contributed by atoms with E-state index in [9.17, 15) is 34.1 Å². The first kappa shape index (κ1) is 64.7. The molecule has 0 saturated carbocycles. The van der Waals surface area contributed by atoms with Crippen molar-refractivity contribution in [1.29, 1.82) is 0 Å². The van der Waals surface area contributed by atoms with Gasteiger partial charge in [-0.15, -0.1) is 0 Å². The minimum absolute atomic E-state index is 0.138. The van der Waals surface area contributed by atoms with Crippen LogP contribution in [0.1, 0.15) is 264 Å². The Hall–Kier alpha value is -2.30. The lowest BCUT2D eigenvalue weighted by Gasteiger charge is -2.18. The molecule has 0 saturated heterocycles. The number of unbranched alkanes of at least 4 members (excludes halogenated alkanes) is 32. The van der Waals surface area contributed by atoms with E-state index < -0.39 is 57.6 Å². The Labute approximate surface area is 410 Å². The number of allylic oxidation sites excluding steroid dienone is 6. The van der Waals surface area contributed by atoms with Crippen LogP contribution in [0.3, 0.4) is 0 Å². The fraction of sp³-hybridized carbons (Fsp3) is 0.836. The number of carboxylic acids is 1. The lowest BCUT2D eigenvalue weighted by molar-refractivity contribution is -0.147. The minimum Gasteiger partial charge on any atom is -0.480 e. The molecular formula is C55H102NO10P. The smallest absolute Gasteiger partial charge is 0.472 e. The molecule has 0 aromatic carbocycles. The van der Waals surface area contributed by atoms with Gasteiger partial charge in [0.2, 0.25) is 5.91 Å². The van der Waals surface area contributed by atoms with Crippen LogP contribution in [0.4, 0.5) is 0 Å². The Balaban J connectivity index is 3.79. The standard InChI is InChI=1S/C55H102NO10P/c1-3-5-7-9-11-13-15-17-19-21-23-25-27-29-31-33-35-37-39-41-43-45-47-54(59)64-48-51(57)49-65-67(62,63)66-50-52(55(60)61)56-53(58)46-44-42-40-38-36-34-32-30-28-26-24-22-20-18-16-14-12-10-8-6-4-2/h12,14,18,20,24,26,51-52,57H,3-11,13,15-17,19,21-23,25,27-50H2,1-2H3,(H,56,58)(H,60,61)(H,62,63)/b14-12-,20-18-,26-24-. The number of rotatable bonds is 52. The highest BCUT2D eigenvalue weighted by Gasteiger charge is 2.28. The zero-order valence-corrected chi connectivity index (χ0v) is 43.9. The first-order valence-corrected chi connectivity index (χ1v) is 29.0. The zero-order valence-electron chi connectivity index (χ0n) is 43.0. The third-order valence-corrected chi connectivity index (χ3v) is 13.1. The van der Waals surface area contributed by atoms with E-state index in [0.717, 1.165) is 64.2 Å². The van der Waals surface area contributed by atoms with Crippen molar-refractivity contribution in [3.63, 3.8) is 0 Å². The summed E-state index contributed by atoms with van der Waals surface area (Å²) in [7, 11) is -4.76.